The van der Waals surface area contributed by atoms with Gasteiger partial charge >= 0.3 is 10.7 Å². The Kier molecular flexibility index (Phi) is 5.50. The summed E-state index contributed by atoms with van der Waals surface area (Å²) in [6.45, 7) is 0. The molecule has 0 spiro atoms. The smallest absolute Gasteiger partial charge is 0.312 e. The Morgan fingerprint density at radius 3 is 1.33 bits per heavy atom. The summed E-state index contributed by atoms with van der Waals surface area (Å²) in [4.78, 5) is 23.4. The van der Waals surface area contributed by atoms with E-state index >= 15 is 0 Å². The predicted octanol–water partition coefficient (Wildman–Crippen LogP) is 5.38. The molecule has 0 unspecified atom stereocenters. The first-order valence-corrected chi connectivity index (χ1v) is 7.41. The van der Waals surface area contributed by atoms with Gasteiger partial charge in [0.05, 0.1) is 0 Å². The fraction of sp³-hybridized carbons (Fsp3) is 0. The number of rotatable bonds is 4. The lowest BCUT2D eigenvalue weighted by Crippen LogP contribution is -2.00. The molecule has 2 N–H and O–H groups in total. The molecule has 0 radical (unpaired) electrons. The summed E-state index contributed by atoms with van der Waals surface area (Å²) in [5.41, 5.74) is 1.28. The van der Waals surface area contributed by atoms with Gasteiger partial charge in [-0.3, -0.25) is 9.59 Å². The van der Waals surface area contributed by atoms with Crippen LogP contribution in [-0.4, -0.2) is 10.7 Å². The number of hydrogen-bond donors (Lipinski definition) is 2. The maximum absolute atomic E-state index is 10.7. The van der Waals surface area contributed by atoms with Gasteiger partial charge in [0.25, 0.3) is 0 Å². The summed E-state index contributed by atoms with van der Waals surface area (Å²) in [5, 5.41) is 3.74. The molecule has 0 saturated heterocycles. The van der Waals surface area contributed by atoms with E-state index in [9.17, 15) is 9.59 Å². The van der Waals surface area contributed by atoms with Gasteiger partial charge in [-0.2, -0.15) is 0 Å². The second-order valence-electron chi connectivity index (χ2n) is 3.95. The Morgan fingerprint density at radius 1 is 0.714 bits per heavy atom. The van der Waals surface area contributed by atoms with Crippen molar-refractivity contribution in [2.24, 2.45) is 0 Å². The number of carbonyl (C=O) groups is 2. The highest BCUT2D eigenvalue weighted by atomic mass is 35.5. The van der Waals surface area contributed by atoms with Gasteiger partial charge in [-0.15, -0.1) is 0 Å². The number of benzene rings is 2. The van der Waals surface area contributed by atoms with Gasteiger partial charge in [-0.05, 0) is 71.7 Å². The van der Waals surface area contributed by atoms with Crippen LogP contribution in [-0.2, 0) is 0 Å². The van der Waals surface area contributed by atoms with Gasteiger partial charge in [-0.25, -0.2) is 0 Å². The maximum atomic E-state index is 10.7. The first-order valence-electron chi connectivity index (χ1n) is 5.84. The zero-order valence-electron chi connectivity index (χ0n) is 10.6. The third kappa shape index (κ3) is 5.30. The van der Waals surface area contributed by atoms with Crippen LogP contribution < -0.4 is 10.6 Å². The van der Waals surface area contributed by atoms with Crippen molar-refractivity contribution in [3.8, 4) is 0 Å². The minimum absolute atomic E-state index is 0.618. The molecule has 2 rings (SSSR count). The van der Waals surface area contributed by atoms with Crippen molar-refractivity contribution in [1.82, 2.24) is 0 Å². The minimum Gasteiger partial charge on any atom is -0.312 e. The van der Waals surface area contributed by atoms with Crippen LogP contribution in [0, 0.1) is 0 Å². The number of carbonyl (C=O) groups excluding carboxylic acids is 2. The molecule has 108 valence electrons. The monoisotopic (exact) mass is 340 g/mol. The van der Waals surface area contributed by atoms with E-state index in [2.05, 4.69) is 10.6 Å². The zero-order chi connectivity index (χ0) is 15.2. The topological polar surface area (TPSA) is 58.2 Å². The van der Waals surface area contributed by atoms with E-state index in [4.69, 9.17) is 23.2 Å². The lowest BCUT2D eigenvalue weighted by atomic mass is 10.3. The van der Waals surface area contributed by atoms with E-state index in [0.29, 0.717) is 11.4 Å². The third-order valence-electron chi connectivity index (χ3n) is 2.43. The predicted molar refractivity (Wildman–Crippen MR) is 86.8 cm³/mol. The van der Waals surface area contributed by atoms with Crippen LogP contribution in [0.4, 0.5) is 21.0 Å². The van der Waals surface area contributed by atoms with E-state index < -0.39 is 10.7 Å². The lowest BCUT2D eigenvalue weighted by molar-refractivity contribution is 0.268. The van der Waals surface area contributed by atoms with Gasteiger partial charge in [0, 0.05) is 21.2 Å². The highest BCUT2D eigenvalue weighted by Gasteiger charge is 2.01. The van der Waals surface area contributed by atoms with Crippen molar-refractivity contribution in [3.05, 3.63) is 48.5 Å². The molecular weight excluding hydrogens is 331 g/mol. The molecule has 2 amide bonds. The summed E-state index contributed by atoms with van der Waals surface area (Å²) in [7, 11) is 0. The largest absolute Gasteiger partial charge is 0.318 e. The van der Waals surface area contributed by atoms with Crippen LogP contribution in [0.5, 0.6) is 0 Å². The van der Waals surface area contributed by atoms with Crippen molar-refractivity contribution >= 4 is 57.1 Å². The summed E-state index contributed by atoms with van der Waals surface area (Å²) >= 11 is 12.0. The van der Waals surface area contributed by atoms with Gasteiger partial charge < -0.3 is 10.6 Å². The zero-order valence-corrected chi connectivity index (χ0v) is 12.9. The van der Waals surface area contributed by atoms with Gasteiger partial charge in [0.15, 0.2) is 0 Å². The van der Waals surface area contributed by atoms with Gasteiger partial charge in [-0.1, -0.05) is 11.8 Å². The summed E-state index contributed by atoms with van der Waals surface area (Å²) < 4.78 is 0. The third-order valence-corrected chi connectivity index (χ3v) is 3.63. The molecule has 2 aromatic rings. The Labute approximate surface area is 135 Å². The second kappa shape index (κ2) is 7.36. The van der Waals surface area contributed by atoms with E-state index in [1.54, 1.807) is 36.0 Å². The standard InChI is InChI=1S/C14H10Cl2N2O2S/c15-13(19)17-9-1-5-11(6-2-9)21-12-7-3-10(4-8-12)18-14(16)20/h1-8H,(H,17,19)(H,18,20). The number of hydrogen-bond acceptors (Lipinski definition) is 3. The Balaban J connectivity index is 2.01. The van der Waals surface area contributed by atoms with Crippen LogP contribution in [0.1, 0.15) is 0 Å². The first kappa shape index (κ1) is 15.7. The molecule has 21 heavy (non-hydrogen) atoms. The fourth-order valence-corrected chi connectivity index (χ4v) is 2.61. The van der Waals surface area contributed by atoms with Crippen LogP contribution in [0.3, 0.4) is 0 Å². The van der Waals surface area contributed by atoms with Crippen LogP contribution in [0.15, 0.2) is 58.3 Å². The molecule has 0 aliphatic rings. The first-order chi connectivity index (χ1) is 10.0. The molecular formula is C14H10Cl2N2O2S. The molecule has 0 heterocycles. The molecule has 0 bridgehead atoms. The summed E-state index contributed by atoms with van der Waals surface area (Å²) in [5.74, 6) is 0. The molecule has 4 nitrogen and oxygen atoms in total. The summed E-state index contributed by atoms with van der Waals surface area (Å²) in [6.07, 6.45) is 0. The molecule has 0 aliphatic heterocycles. The van der Waals surface area contributed by atoms with Crippen LogP contribution in [0.25, 0.3) is 0 Å². The summed E-state index contributed by atoms with van der Waals surface area (Å²) in [6, 6.07) is 14.6. The van der Waals surface area contributed by atoms with Crippen molar-refractivity contribution in [1.29, 1.82) is 0 Å². The van der Waals surface area contributed by atoms with Crippen LogP contribution in [0.2, 0.25) is 0 Å². The fourth-order valence-electron chi connectivity index (χ4n) is 1.58. The lowest BCUT2D eigenvalue weighted by Gasteiger charge is -2.05. The molecule has 0 aliphatic carbocycles. The van der Waals surface area contributed by atoms with Crippen LogP contribution >= 0.6 is 35.0 Å². The second-order valence-corrected chi connectivity index (χ2v) is 5.78. The van der Waals surface area contributed by atoms with E-state index in [0.717, 1.165) is 9.79 Å². The molecule has 7 heteroatoms. The highest BCUT2D eigenvalue weighted by molar-refractivity contribution is 7.99. The van der Waals surface area contributed by atoms with E-state index in [-0.39, 0.29) is 0 Å². The van der Waals surface area contributed by atoms with Gasteiger partial charge in [0.2, 0.25) is 0 Å². The van der Waals surface area contributed by atoms with Crippen molar-refractivity contribution < 1.29 is 9.59 Å². The van der Waals surface area contributed by atoms with Crippen molar-refractivity contribution in [3.63, 3.8) is 0 Å². The quantitative estimate of drug-likeness (QED) is 0.580. The number of halogens is 2. The Bertz CT molecular complexity index is 588. The number of nitrogens with one attached hydrogen (secondary N) is 2. The molecule has 0 atom stereocenters. The average molecular weight is 341 g/mol. The molecule has 0 aromatic heterocycles. The SMILES string of the molecule is O=C(Cl)Nc1ccc(Sc2ccc(NC(=O)Cl)cc2)cc1. The van der Waals surface area contributed by atoms with E-state index in [1.165, 1.54) is 0 Å². The Hall–Kier alpha value is -1.69. The van der Waals surface area contributed by atoms with Crippen molar-refractivity contribution in [2.45, 2.75) is 9.79 Å². The molecule has 0 fully saturated rings. The highest BCUT2D eigenvalue weighted by Crippen LogP contribution is 2.29. The number of anilines is 2. The average Bonchev–Trinajstić information content (AvgIpc) is 2.42. The van der Waals surface area contributed by atoms with Crippen molar-refractivity contribution in [2.75, 3.05) is 10.6 Å². The number of amides is 2. The molecule has 2 aromatic carbocycles. The Morgan fingerprint density at radius 2 is 1.05 bits per heavy atom. The normalized spacial score (nSPS) is 10.0. The molecule has 0 saturated carbocycles. The van der Waals surface area contributed by atoms with Gasteiger partial charge in [0.1, 0.15) is 0 Å². The van der Waals surface area contributed by atoms with E-state index in [1.807, 2.05) is 24.3 Å². The maximum Gasteiger partial charge on any atom is 0.318 e. The minimum atomic E-state index is -0.618.